The third kappa shape index (κ3) is 3.70. The normalized spacial score (nSPS) is 20.0. The minimum absolute atomic E-state index is 0.107. The Kier molecular flexibility index (Phi) is 6.00. The first-order chi connectivity index (χ1) is 15.8. The highest BCUT2D eigenvalue weighted by atomic mass is 16.1. The van der Waals surface area contributed by atoms with Crippen LogP contribution in [0.2, 0.25) is 0 Å². The molecule has 2 aromatic carbocycles. The van der Waals surface area contributed by atoms with E-state index in [1.54, 1.807) is 0 Å². The van der Waals surface area contributed by atoms with Crippen LogP contribution in [-0.4, -0.2) is 29.7 Å². The van der Waals surface area contributed by atoms with E-state index in [-0.39, 0.29) is 10.8 Å². The Hall–Kier alpha value is -3.20. The van der Waals surface area contributed by atoms with Gasteiger partial charge in [-0.15, -0.1) is 0 Å². The molecule has 2 heterocycles. The number of nitrogens with zero attached hydrogens (tertiary/aromatic N) is 2. The van der Waals surface area contributed by atoms with Gasteiger partial charge in [0.2, 0.25) is 5.69 Å². The molecule has 0 aliphatic carbocycles. The summed E-state index contributed by atoms with van der Waals surface area (Å²) in [6, 6.07) is 17.2. The minimum atomic E-state index is -0.107. The molecule has 2 aliphatic heterocycles. The van der Waals surface area contributed by atoms with Gasteiger partial charge in [-0.05, 0) is 57.6 Å². The lowest BCUT2D eigenvalue weighted by Gasteiger charge is -2.25. The summed E-state index contributed by atoms with van der Waals surface area (Å²) in [7, 11) is 0. The van der Waals surface area contributed by atoms with Crippen molar-refractivity contribution in [2.24, 2.45) is 0 Å². The fourth-order valence-electron chi connectivity index (χ4n) is 5.45. The van der Waals surface area contributed by atoms with E-state index < -0.39 is 0 Å². The van der Waals surface area contributed by atoms with Crippen LogP contribution in [-0.2, 0) is 15.6 Å². The quantitative estimate of drug-likeness (QED) is 0.223. The molecule has 0 spiro atoms. The van der Waals surface area contributed by atoms with E-state index >= 15 is 0 Å². The molecule has 3 nitrogen and oxygen atoms in total. The van der Waals surface area contributed by atoms with Crippen molar-refractivity contribution in [1.82, 2.24) is 0 Å². The third-order valence-corrected chi connectivity index (χ3v) is 7.23. The fraction of sp³-hybridized carbons (Fsp3) is 0.333. The highest BCUT2D eigenvalue weighted by Crippen LogP contribution is 2.47. The molecule has 170 valence electrons. The van der Waals surface area contributed by atoms with Crippen LogP contribution in [0.4, 0.5) is 11.4 Å². The standard InChI is InChI=1S/C30H35N2O/c1-7-31-25-15-11-9-13-23(25)29(3,4)27(31)19-17-22(21-33)18-20-28-30(5,6)24-14-10-12-16-26(24)32(28)8-2/h9-21H,7-8H2,1-6H3/q+1. The molecular weight excluding hydrogens is 404 g/mol. The number of likely N-dealkylation sites (N-methyl/N-ethyl adjacent to an activating group) is 1. The van der Waals surface area contributed by atoms with Gasteiger partial charge in [-0.25, -0.2) is 0 Å². The van der Waals surface area contributed by atoms with Gasteiger partial charge >= 0.3 is 0 Å². The summed E-state index contributed by atoms with van der Waals surface area (Å²) in [6.07, 6.45) is 9.11. The molecule has 0 fully saturated rings. The molecule has 0 amide bonds. The van der Waals surface area contributed by atoms with Gasteiger partial charge in [0.15, 0.2) is 5.71 Å². The van der Waals surface area contributed by atoms with E-state index in [0.29, 0.717) is 5.57 Å². The molecule has 0 N–H and O–H groups in total. The zero-order chi connectivity index (χ0) is 23.8. The minimum Gasteiger partial charge on any atom is -0.344 e. The van der Waals surface area contributed by atoms with Crippen molar-refractivity contribution in [2.75, 3.05) is 18.0 Å². The molecule has 4 rings (SSSR count). The first-order valence-corrected chi connectivity index (χ1v) is 11.9. The van der Waals surface area contributed by atoms with Crippen LogP contribution in [0.1, 0.15) is 52.7 Å². The van der Waals surface area contributed by atoms with E-state index in [1.165, 1.54) is 33.9 Å². The highest BCUT2D eigenvalue weighted by molar-refractivity contribution is 6.03. The van der Waals surface area contributed by atoms with Crippen LogP contribution in [0, 0.1) is 0 Å². The number of anilines is 1. The van der Waals surface area contributed by atoms with Gasteiger partial charge in [0.1, 0.15) is 12.8 Å². The number of carbonyl (C=O) groups is 1. The molecule has 3 heteroatoms. The number of hydrogen-bond acceptors (Lipinski definition) is 2. The molecule has 0 saturated heterocycles. The summed E-state index contributed by atoms with van der Waals surface area (Å²) in [5.74, 6) is 0. The van der Waals surface area contributed by atoms with Crippen LogP contribution in [0.25, 0.3) is 0 Å². The third-order valence-electron chi connectivity index (χ3n) is 7.23. The second kappa shape index (κ2) is 8.62. The number of fused-ring (bicyclic) bond motifs is 2. The Morgan fingerprint density at radius 3 is 2.27 bits per heavy atom. The summed E-state index contributed by atoms with van der Waals surface area (Å²) < 4.78 is 2.35. The van der Waals surface area contributed by atoms with Crippen molar-refractivity contribution in [2.45, 2.75) is 52.4 Å². The summed E-state index contributed by atoms with van der Waals surface area (Å²) in [6.45, 7) is 15.1. The molecule has 0 radical (unpaired) electrons. The van der Waals surface area contributed by atoms with E-state index in [4.69, 9.17) is 0 Å². The van der Waals surface area contributed by atoms with Crippen molar-refractivity contribution >= 4 is 23.4 Å². The lowest BCUT2D eigenvalue weighted by molar-refractivity contribution is -0.433. The predicted molar refractivity (Wildman–Crippen MR) is 139 cm³/mol. The number of rotatable bonds is 6. The summed E-state index contributed by atoms with van der Waals surface area (Å²) in [5, 5.41) is 0. The van der Waals surface area contributed by atoms with Crippen molar-refractivity contribution < 1.29 is 9.37 Å². The van der Waals surface area contributed by atoms with Crippen molar-refractivity contribution in [1.29, 1.82) is 0 Å². The number of para-hydroxylation sites is 2. The number of allylic oxidation sites excluding steroid dienone is 6. The van der Waals surface area contributed by atoms with E-state index in [1.807, 2.05) is 12.2 Å². The molecule has 0 saturated carbocycles. The van der Waals surface area contributed by atoms with Gasteiger partial charge in [-0.3, -0.25) is 4.79 Å². The zero-order valence-corrected chi connectivity index (χ0v) is 20.7. The van der Waals surface area contributed by atoms with Crippen molar-refractivity contribution in [3.63, 3.8) is 0 Å². The van der Waals surface area contributed by atoms with Crippen molar-refractivity contribution in [3.05, 3.63) is 95.2 Å². The smallest absolute Gasteiger partial charge is 0.209 e. The largest absolute Gasteiger partial charge is 0.344 e. The second-order valence-electron chi connectivity index (χ2n) is 9.83. The topological polar surface area (TPSA) is 23.3 Å². The SMILES string of the molecule is CCN1/C(=C/C=C(C=O)/C=C/C2=[N+](CC)c3ccccc3C2(C)C)C(C)(C)c2ccccc21. The van der Waals surface area contributed by atoms with Gasteiger partial charge in [0.05, 0.1) is 5.41 Å². The zero-order valence-electron chi connectivity index (χ0n) is 20.7. The Morgan fingerprint density at radius 2 is 1.61 bits per heavy atom. The molecule has 0 atom stereocenters. The molecule has 33 heavy (non-hydrogen) atoms. The maximum atomic E-state index is 12.0. The number of carbonyl (C=O) groups excluding carboxylic acids is 1. The monoisotopic (exact) mass is 439 g/mol. The Labute approximate surface area is 198 Å². The van der Waals surface area contributed by atoms with Gasteiger partial charge < -0.3 is 4.90 Å². The maximum absolute atomic E-state index is 12.0. The summed E-state index contributed by atoms with van der Waals surface area (Å²) in [5.41, 5.74) is 8.06. The lowest BCUT2D eigenvalue weighted by Crippen LogP contribution is -2.27. The maximum Gasteiger partial charge on any atom is 0.209 e. The highest BCUT2D eigenvalue weighted by Gasteiger charge is 2.43. The first kappa shape index (κ1) is 23.0. The number of benzene rings is 2. The van der Waals surface area contributed by atoms with E-state index in [2.05, 4.69) is 112 Å². The van der Waals surface area contributed by atoms with Gasteiger partial charge in [0, 0.05) is 46.6 Å². The van der Waals surface area contributed by atoms with Crippen LogP contribution in [0.5, 0.6) is 0 Å². The fourth-order valence-corrected chi connectivity index (χ4v) is 5.45. The number of aldehydes is 1. The van der Waals surface area contributed by atoms with Crippen LogP contribution >= 0.6 is 0 Å². The average molecular weight is 440 g/mol. The molecular formula is C30H35N2O+. The molecule has 2 aromatic rings. The van der Waals surface area contributed by atoms with Gasteiger partial charge in [-0.2, -0.15) is 4.58 Å². The Bertz CT molecular complexity index is 1210. The molecule has 0 unspecified atom stereocenters. The van der Waals surface area contributed by atoms with Crippen LogP contribution < -0.4 is 4.90 Å². The van der Waals surface area contributed by atoms with Crippen molar-refractivity contribution in [3.8, 4) is 0 Å². The second-order valence-corrected chi connectivity index (χ2v) is 9.83. The van der Waals surface area contributed by atoms with Gasteiger partial charge in [-0.1, -0.05) is 50.2 Å². The van der Waals surface area contributed by atoms with E-state index in [9.17, 15) is 4.79 Å². The summed E-state index contributed by atoms with van der Waals surface area (Å²) in [4.78, 5) is 14.3. The van der Waals surface area contributed by atoms with Crippen LogP contribution in [0.3, 0.4) is 0 Å². The Morgan fingerprint density at radius 1 is 0.939 bits per heavy atom. The first-order valence-electron chi connectivity index (χ1n) is 11.9. The lowest BCUT2D eigenvalue weighted by atomic mass is 9.81. The molecule has 0 aromatic heterocycles. The van der Waals surface area contributed by atoms with E-state index in [0.717, 1.165) is 19.4 Å². The Balaban J connectivity index is 1.70. The average Bonchev–Trinajstić information content (AvgIpc) is 3.17. The number of hydrogen-bond donors (Lipinski definition) is 0. The predicted octanol–water partition coefficient (Wildman–Crippen LogP) is 6.47. The van der Waals surface area contributed by atoms with Gasteiger partial charge in [0.25, 0.3) is 0 Å². The summed E-state index contributed by atoms with van der Waals surface area (Å²) >= 11 is 0. The molecule has 0 bridgehead atoms. The molecule has 2 aliphatic rings. The van der Waals surface area contributed by atoms with Crippen LogP contribution in [0.15, 0.2) is 84.1 Å².